The molecule has 112 valence electrons. The number of rotatable bonds is 1. The molecule has 4 aromatic rings. The smallest absolute Gasteiger partial charge is 0.0537 e. The molecule has 2 heterocycles. The minimum absolute atomic E-state index is 1.18. The number of benzene rings is 2. The Morgan fingerprint density at radius 1 is 0.826 bits per heavy atom. The van der Waals surface area contributed by atoms with E-state index in [4.69, 9.17) is 0 Å². The summed E-state index contributed by atoms with van der Waals surface area (Å²) >= 11 is 0. The highest BCUT2D eigenvalue weighted by molar-refractivity contribution is 5.99. The van der Waals surface area contributed by atoms with Crippen molar-refractivity contribution in [3.05, 3.63) is 77.5 Å². The molecule has 0 saturated carbocycles. The molecule has 1 heteroatoms. The fraction of sp³-hybridized carbons (Fsp3) is 0.182. The summed E-state index contributed by atoms with van der Waals surface area (Å²) in [5.74, 6) is 0. The van der Waals surface area contributed by atoms with Crippen LogP contribution in [0.3, 0.4) is 0 Å². The highest BCUT2D eigenvalue weighted by Crippen LogP contribution is 2.39. The fourth-order valence-corrected chi connectivity index (χ4v) is 4.17. The van der Waals surface area contributed by atoms with E-state index in [0.29, 0.717) is 0 Å². The van der Waals surface area contributed by atoms with Gasteiger partial charge < -0.3 is 4.40 Å². The fourth-order valence-electron chi connectivity index (χ4n) is 4.17. The Bertz CT molecular complexity index is 1040. The maximum Gasteiger partial charge on any atom is 0.0537 e. The van der Waals surface area contributed by atoms with E-state index in [1.165, 1.54) is 63.5 Å². The third-order valence-corrected chi connectivity index (χ3v) is 5.21. The summed E-state index contributed by atoms with van der Waals surface area (Å²) in [6.45, 7) is 2.15. The van der Waals surface area contributed by atoms with Gasteiger partial charge in [0.2, 0.25) is 0 Å². The van der Waals surface area contributed by atoms with Gasteiger partial charge in [-0.2, -0.15) is 0 Å². The Morgan fingerprint density at radius 3 is 2.52 bits per heavy atom. The Balaban J connectivity index is 1.99. The molecule has 0 N–H and O–H groups in total. The van der Waals surface area contributed by atoms with Crippen LogP contribution in [0, 0.1) is 6.92 Å². The SMILES string of the molecule is Cc1ccc(-c2c3c4c(cccc4n4cccc24)CCC3)cc1. The van der Waals surface area contributed by atoms with Gasteiger partial charge >= 0.3 is 0 Å². The molecule has 2 aromatic heterocycles. The van der Waals surface area contributed by atoms with Gasteiger partial charge in [-0.15, -0.1) is 0 Å². The van der Waals surface area contributed by atoms with Crippen molar-refractivity contribution in [1.29, 1.82) is 0 Å². The number of pyridine rings is 1. The summed E-state index contributed by atoms with van der Waals surface area (Å²) in [6.07, 6.45) is 5.83. The lowest BCUT2D eigenvalue weighted by Crippen LogP contribution is -2.06. The first-order valence-corrected chi connectivity index (χ1v) is 8.43. The molecule has 0 atom stereocenters. The summed E-state index contributed by atoms with van der Waals surface area (Å²) < 4.78 is 2.36. The number of aryl methyl sites for hydroxylation is 3. The Labute approximate surface area is 136 Å². The lowest BCUT2D eigenvalue weighted by atomic mass is 9.85. The summed E-state index contributed by atoms with van der Waals surface area (Å²) in [7, 11) is 0. The van der Waals surface area contributed by atoms with Crippen LogP contribution in [0.1, 0.15) is 23.1 Å². The second-order valence-corrected chi connectivity index (χ2v) is 6.65. The Morgan fingerprint density at radius 2 is 1.65 bits per heavy atom. The monoisotopic (exact) mass is 297 g/mol. The van der Waals surface area contributed by atoms with Crippen molar-refractivity contribution < 1.29 is 0 Å². The van der Waals surface area contributed by atoms with E-state index >= 15 is 0 Å². The highest BCUT2D eigenvalue weighted by Gasteiger charge is 2.20. The number of hydrogen-bond acceptors (Lipinski definition) is 0. The first kappa shape index (κ1) is 13.0. The Kier molecular flexibility index (Phi) is 2.66. The van der Waals surface area contributed by atoms with E-state index in [9.17, 15) is 0 Å². The molecule has 1 aliphatic carbocycles. The first-order valence-electron chi connectivity index (χ1n) is 8.43. The summed E-state index contributed by atoms with van der Waals surface area (Å²) in [4.78, 5) is 0. The molecular formula is C22H19N. The minimum atomic E-state index is 1.18. The van der Waals surface area contributed by atoms with E-state index in [1.54, 1.807) is 0 Å². The zero-order valence-electron chi connectivity index (χ0n) is 13.3. The standard InChI is InChI=1S/C22H19N/c1-15-10-12-17(13-11-15)22-18-7-2-5-16-6-3-8-19(21(16)18)23-14-4-9-20(22)23/h3-4,6,8-14H,2,5,7H2,1H3. The predicted molar refractivity (Wildman–Crippen MR) is 97.1 cm³/mol. The molecule has 0 spiro atoms. The van der Waals surface area contributed by atoms with Gasteiger partial charge in [0.15, 0.2) is 0 Å². The van der Waals surface area contributed by atoms with Gasteiger partial charge in [0.05, 0.1) is 11.0 Å². The second kappa shape index (κ2) is 4.73. The molecule has 0 radical (unpaired) electrons. The van der Waals surface area contributed by atoms with Gasteiger partial charge in [-0.1, -0.05) is 42.0 Å². The van der Waals surface area contributed by atoms with Crippen LogP contribution in [0.25, 0.3) is 27.5 Å². The third-order valence-electron chi connectivity index (χ3n) is 5.21. The van der Waals surface area contributed by atoms with Crippen LogP contribution in [0.5, 0.6) is 0 Å². The van der Waals surface area contributed by atoms with Crippen LogP contribution >= 0.6 is 0 Å². The van der Waals surface area contributed by atoms with E-state index in [-0.39, 0.29) is 0 Å². The zero-order chi connectivity index (χ0) is 15.4. The van der Waals surface area contributed by atoms with Gasteiger partial charge in [0.1, 0.15) is 0 Å². The van der Waals surface area contributed by atoms with Crippen LogP contribution in [0.15, 0.2) is 60.8 Å². The number of nitrogens with zero attached hydrogens (tertiary/aromatic N) is 1. The van der Waals surface area contributed by atoms with E-state index < -0.39 is 0 Å². The molecule has 5 rings (SSSR count). The van der Waals surface area contributed by atoms with Crippen LogP contribution in [-0.4, -0.2) is 4.40 Å². The summed E-state index contributed by atoms with van der Waals surface area (Å²) in [5.41, 5.74) is 9.81. The summed E-state index contributed by atoms with van der Waals surface area (Å²) in [6, 6.07) is 20.2. The maximum absolute atomic E-state index is 2.36. The number of hydrogen-bond donors (Lipinski definition) is 0. The molecule has 0 saturated heterocycles. The van der Waals surface area contributed by atoms with Gasteiger partial charge in [-0.25, -0.2) is 0 Å². The lowest BCUT2D eigenvalue weighted by Gasteiger charge is -2.23. The van der Waals surface area contributed by atoms with Crippen molar-refractivity contribution in [1.82, 2.24) is 4.40 Å². The molecule has 1 nitrogen and oxygen atoms in total. The quantitative estimate of drug-likeness (QED) is 0.433. The van der Waals surface area contributed by atoms with Crippen molar-refractivity contribution in [3.8, 4) is 11.1 Å². The minimum Gasteiger partial charge on any atom is -0.316 e. The number of fused-ring (bicyclic) bond motifs is 2. The normalized spacial score (nSPS) is 13.8. The van der Waals surface area contributed by atoms with Gasteiger partial charge in [-0.3, -0.25) is 0 Å². The highest BCUT2D eigenvalue weighted by atomic mass is 14.9. The molecule has 0 unspecified atom stereocenters. The maximum atomic E-state index is 2.36. The van der Waals surface area contributed by atoms with Crippen molar-refractivity contribution >= 4 is 16.4 Å². The largest absolute Gasteiger partial charge is 0.316 e. The van der Waals surface area contributed by atoms with Crippen LogP contribution in [0.4, 0.5) is 0 Å². The molecule has 0 bridgehead atoms. The predicted octanol–water partition coefficient (Wildman–Crippen LogP) is 5.56. The van der Waals surface area contributed by atoms with Crippen LogP contribution < -0.4 is 0 Å². The average Bonchev–Trinajstić information content (AvgIpc) is 3.06. The van der Waals surface area contributed by atoms with Gasteiger partial charge in [-0.05, 0) is 61.1 Å². The van der Waals surface area contributed by atoms with E-state index in [0.717, 1.165) is 0 Å². The van der Waals surface area contributed by atoms with Crippen molar-refractivity contribution in [2.45, 2.75) is 26.2 Å². The van der Waals surface area contributed by atoms with Gasteiger partial charge in [0.25, 0.3) is 0 Å². The molecule has 0 fully saturated rings. The molecule has 23 heavy (non-hydrogen) atoms. The molecule has 0 aliphatic heterocycles. The van der Waals surface area contributed by atoms with Crippen molar-refractivity contribution in [2.75, 3.05) is 0 Å². The van der Waals surface area contributed by atoms with E-state index in [1.807, 2.05) is 0 Å². The lowest BCUT2D eigenvalue weighted by molar-refractivity contribution is 0.808. The molecular weight excluding hydrogens is 278 g/mol. The van der Waals surface area contributed by atoms with Crippen LogP contribution in [0.2, 0.25) is 0 Å². The van der Waals surface area contributed by atoms with E-state index in [2.05, 4.69) is 72.1 Å². The molecule has 0 amide bonds. The number of aromatic nitrogens is 1. The second-order valence-electron chi connectivity index (χ2n) is 6.65. The topological polar surface area (TPSA) is 4.41 Å². The summed E-state index contributed by atoms with van der Waals surface area (Å²) in [5, 5.41) is 1.48. The molecule has 1 aliphatic rings. The zero-order valence-corrected chi connectivity index (χ0v) is 13.3. The van der Waals surface area contributed by atoms with Crippen LogP contribution in [-0.2, 0) is 12.8 Å². The Hall–Kier alpha value is -2.54. The van der Waals surface area contributed by atoms with Gasteiger partial charge in [0, 0.05) is 17.1 Å². The van der Waals surface area contributed by atoms with Crippen molar-refractivity contribution in [2.24, 2.45) is 0 Å². The first-order chi connectivity index (χ1) is 11.3. The third kappa shape index (κ3) is 1.80. The average molecular weight is 297 g/mol. The molecule has 2 aromatic carbocycles. The van der Waals surface area contributed by atoms with Crippen molar-refractivity contribution in [3.63, 3.8) is 0 Å².